The molecule has 1 heterocycles. The molecule has 0 unspecified atom stereocenters. The van der Waals surface area contributed by atoms with E-state index in [1.165, 1.54) is 48.1 Å². The Hall–Kier alpha value is -3.05. The first-order valence-electron chi connectivity index (χ1n) is 11.4. The number of benzene rings is 3. The van der Waals surface area contributed by atoms with Crippen LogP contribution in [0, 0.1) is 0 Å². The molecule has 1 aliphatic carbocycles. The summed E-state index contributed by atoms with van der Waals surface area (Å²) < 4.78 is 5.74. The van der Waals surface area contributed by atoms with Gasteiger partial charge in [0, 0.05) is 5.56 Å². The van der Waals surface area contributed by atoms with Crippen LogP contribution < -0.4 is 9.64 Å². The first kappa shape index (κ1) is 21.8. The van der Waals surface area contributed by atoms with Crippen molar-refractivity contribution in [3.8, 4) is 16.9 Å². The summed E-state index contributed by atoms with van der Waals surface area (Å²) in [5.74, 6) is 0.621. The van der Waals surface area contributed by atoms with Crippen LogP contribution in [0.4, 0.5) is 10.5 Å². The summed E-state index contributed by atoms with van der Waals surface area (Å²) in [7, 11) is 1.75. The molecule has 1 saturated carbocycles. The molecule has 1 aliphatic heterocycles. The molecule has 3 aromatic carbocycles. The lowest BCUT2D eigenvalue weighted by molar-refractivity contribution is -0.113. The molecule has 33 heavy (non-hydrogen) atoms. The summed E-state index contributed by atoms with van der Waals surface area (Å²) in [6, 6.07) is 18.5. The van der Waals surface area contributed by atoms with Gasteiger partial charge in [-0.1, -0.05) is 57.0 Å². The smallest absolute Gasteiger partial charge is 0.298 e. The van der Waals surface area contributed by atoms with Crippen LogP contribution in [0.5, 0.6) is 5.75 Å². The van der Waals surface area contributed by atoms with E-state index in [9.17, 15) is 9.59 Å². The van der Waals surface area contributed by atoms with E-state index in [-0.39, 0.29) is 21.5 Å². The number of rotatable bonds is 4. The highest BCUT2D eigenvalue weighted by Gasteiger charge is 2.35. The normalized spacial score (nSPS) is 18.2. The van der Waals surface area contributed by atoms with Gasteiger partial charge in [-0.3, -0.25) is 9.59 Å². The molecule has 5 rings (SSSR count). The maximum atomic E-state index is 12.3. The fraction of sp³-hybridized carbons (Fsp3) is 0.286. The van der Waals surface area contributed by atoms with Crippen molar-refractivity contribution < 1.29 is 14.3 Å². The molecule has 168 valence electrons. The van der Waals surface area contributed by atoms with Gasteiger partial charge in [-0.05, 0) is 82.2 Å². The number of fused-ring (bicyclic) bond motifs is 1. The van der Waals surface area contributed by atoms with E-state index >= 15 is 0 Å². The Labute approximate surface area is 198 Å². The Kier molecular flexibility index (Phi) is 5.53. The number of hydrogen-bond acceptors (Lipinski definition) is 4. The minimum Gasteiger partial charge on any atom is -0.496 e. The predicted octanol–water partition coefficient (Wildman–Crippen LogP) is 7.45. The summed E-state index contributed by atoms with van der Waals surface area (Å²) in [5.41, 5.74) is 4.31. The number of carbonyl (C=O) groups is 2. The number of thioether (sulfide) groups is 1. The molecule has 0 atom stereocenters. The Morgan fingerprint density at radius 2 is 1.58 bits per heavy atom. The van der Waals surface area contributed by atoms with Crippen molar-refractivity contribution in [2.45, 2.75) is 44.4 Å². The SMILES string of the molecule is C=C1SC(=O)N(c2ccc3cc(-c4ccc(OC)c(C5(C)CCCCC5)c4)ccc3c2)C1=O. The summed E-state index contributed by atoms with van der Waals surface area (Å²) in [5, 5.41) is 1.73. The summed E-state index contributed by atoms with van der Waals surface area (Å²) in [4.78, 5) is 26.0. The van der Waals surface area contributed by atoms with Gasteiger partial charge in [-0.25, -0.2) is 4.90 Å². The van der Waals surface area contributed by atoms with E-state index < -0.39 is 0 Å². The van der Waals surface area contributed by atoms with E-state index in [0.29, 0.717) is 5.69 Å². The average Bonchev–Trinajstić information content (AvgIpc) is 3.09. The first-order valence-corrected chi connectivity index (χ1v) is 12.2. The number of methoxy groups -OCH3 is 1. The van der Waals surface area contributed by atoms with Crippen LogP contribution >= 0.6 is 11.8 Å². The van der Waals surface area contributed by atoms with Crippen LogP contribution in [0.25, 0.3) is 21.9 Å². The molecule has 3 aromatic rings. The predicted molar refractivity (Wildman–Crippen MR) is 136 cm³/mol. The van der Waals surface area contributed by atoms with Crippen molar-refractivity contribution in [2.24, 2.45) is 0 Å². The zero-order valence-electron chi connectivity index (χ0n) is 19.0. The van der Waals surface area contributed by atoms with Crippen LogP contribution in [-0.4, -0.2) is 18.3 Å². The van der Waals surface area contributed by atoms with Crippen molar-refractivity contribution in [3.63, 3.8) is 0 Å². The third kappa shape index (κ3) is 3.84. The number of hydrogen-bond donors (Lipinski definition) is 0. The van der Waals surface area contributed by atoms with Crippen LogP contribution in [0.15, 0.2) is 66.1 Å². The van der Waals surface area contributed by atoms with Crippen LogP contribution in [-0.2, 0) is 10.2 Å². The standard InChI is InChI=1S/C28H27NO3S/c1-18-26(30)29(27(31)33-18)23-11-9-20-15-19(7-8-21(20)16-23)22-10-12-25(32-3)24(17-22)28(2)13-5-4-6-14-28/h7-12,15-17H,1,4-6,13-14H2,2-3H3. The van der Waals surface area contributed by atoms with Gasteiger partial charge in [-0.15, -0.1) is 0 Å². The van der Waals surface area contributed by atoms with Crippen molar-refractivity contribution >= 4 is 39.4 Å². The molecule has 0 spiro atoms. The summed E-state index contributed by atoms with van der Waals surface area (Å²) in [6.45, 7) is 6.03. The molecule has 0 N–H and O–H groups in total. The monoisotopic (exact) mass is 457 g/mol. The van der Waals surface area contributed by atoms with Crippen molar-refractivity contribution in [3.05, 3.63) is 71.6 Å². The van der Waals surface area contributed by atoms with Gasteiger partial charge in [0.25, 0.3) is 11.1 Å². The molecule has 0 radical (unpaired) electrons. The molecular formula is C28H27NO3S. The second-order valence-corrected chi connectivity index (χ2v) is 10.3. The van der Waals surface area contributed by atoms with Crippen LogP contribution in [0.2, 0.25) is 0 Å². The Morgan fingerprint density at radius 3 is 2.27 bits per heavy atom. The lowest BCUT2D eigenvalue weighted by atomic mass is 9.70. The maximum Gasteiger partial charge on any atom is 0.298 e. The molecular weight excluding hydrogens is 430 g/mol. The third-order valence-electron chi connectivity index (χ3n) is 7.06. The van der Waals surface area contributed by atoms with Gasteiger partial charge in [0.05, 0.1) is 17.7 Å². The lowest BCUT2D eigenvalue weighted by Gasteiger charge is -2.35. The highest BCUT2D eigenvalue weighted by atomic mass is 32.2. The second-order valence-electron chi connectivity index (χ2n) is 9.21. The number of amides is 2. The fourth-order valence-electron chi connectivity index (χ4n) is 5.14. The molecule has 2 fully saturated rings. The summed E-state index contributed by atoms with van der Waals surface area (Å²) in [6.07, 6.45) is 6.20. The number of ether oxygens (including phenoxy) is 1. The molecule has 4 nitrogen and oxygen atoms in total. The largest absolute Gasteiger partial charge is 0.496 e. The van der Waals surface area contributed by atoms with Gasteiger partial charge in [0.15, 0.2) is 0 Å². The average molecular weight is 458 g/mol. The van der Waals surface area contributed by atoms with Gasteiger partial charge >= 0.3 is 0 Å². The van der Waals surface area contributed by atoms with E-state index in [4.69, 9.17) is 4.74 Å². The highest BCUT2D eigenvalue weighted by Crippen LogP contribution is 2.44. The van der Waals surface area contributed by atoms with E-state index in [1.54, 1.807) is 7.11 Å². The topological polar surface area (TPSA) is 46.6 Å². The van der Waals surface area contributed by atoms with Crippen molar-refractivity contribution in [1.29, 1.82) is 0 Å². The molecule has 0 bridgehead atoms. The fourth-order valence-corrected chi connectivity index (χ4v) is 5.81. The van der Waals surface area contributed by atoms with Gasteiger partial charge < -0.3 is 4.74 Å². The third-order valence-corrected chi connectivity index (χ3v) is 7.84. The molecule has 1 saturated heterocycles. The van der Waals surface area contributed by atoms with Crippen LogP contribution in [0.1, 0.15) is 44.6 Å². The lowest BCUT2D eigenvalue weighted by Crippen LogP contribution is -2.27. The Morgan fingerprint density at radius 1 is 0.909 bits per heavy atom. The number of imide groups is 1. The van der Waals surface area contributed by atoms with E-state index in [1.807, 2.05) is 24.3 Å². The van der Waals surface area contributed by atoms with Gasteiger partial charge in [0.1, 0.15) is 5.75 Å². The van der Waals surface area contributed by atoms with Crippen LogP contribution in [0.3, 0.4) is 0 Å². The first-order chi connectivity index (χ1) is 15.9. The molecule has 2 aliphatic rings. The minimum atomic E-state index is -0.345. The highest BCUT2D eigenvalue weighted by molar-refractivity contribution is 8.18. The zero-order valence-corrected chi connectivity index (χ0v) is 19.8. The second kappa shape index (κ2) is 8.38. The van der Waals surface area contributed by atoms with Crippen molar-refractivity contribution in [2.75, 3.05) is 12.0 Å². The Bertz CT molecular complexity index is 1290. The Balaban J connectivity index is 1.52. The number of carbonyl (C=O) groups excluding carboxylic acids is 2. The molecule has 2 amide bonds. The van der Waals surface area contributed by atoms with E-state index in [2.05, 4.69) is 43.8 Å². The number of nitrogens with zero attached hydrogens (tertiary/aromatic N) is 1. The summed E-state index contributed by atoms with van der Waals surface area (Å²) >= 11 is 0.885. The van der Waals surface area contributed by atoms with Gasteiger partial charge in [-0.2, -0.15) is 0 Å². The van der Waals surface area contributed by atoms with Gasteiger partial charge in [0.2, 0.25) is 0 Å². The maximum absolute atomic E-state index is 12.3. The van der Waals surface area contributed by atoms with Crippen molar-refractivity contribution in [1.82, 2.24) is 0 Å². The van der Waals surface area contributed by atoms with E-state index in [0.717, 1.165) is 33.8 Å². The quantitative estimate of drug-likeness (QED) is 0.382. The molecule has 5 heteroatoms. The zero-order chi connectivity index (χ0) is 23.2. The minimum absolute atomic E-state index is 0.141. The number of anilines is 1. The molecule has 0 aromatic heterocycles.